The summed E-state index contributed by atoms with van der Waals surface area (Å²) in [5.41, 5.74) is 3.35. The molecule has 0 N–H and O–H groups in total. The summed E-state index contributed by atoms with van der Waals surface area (Å²) >= 11 is 5.18. The van der Waals surface area contributed by atoms with Crippen LogP contribution in [0.2, 0.25) is 0 Å². The second kappa shape index (κ2) is 8.91. The van der Waals surface area contributed by atoms with Gasteiger partial charge in [0.2, 0.25) is 0 Å². The molecule has 1 unspecified atom stereocenters. The largest absolute Gasteiger partial charge is 0.426 e. The van der Waals surface area contributed by atoms with Gasteiger partial charge >= 0.3 is 5.97 Å². The fraction of sp³-hybridized carbons (Fsp3) is 0.273. The average molecular weight is 415 g/mol. The maximum absolute atomic E-state index is 12.5. The maximum atomic E-state index is 12.5. The van der Waals surface area contributed by atoms with Crippen LogP contribution in [0.5, 0.6) is 5.75 Å². The second-order valence-corrected chi connectivity index (χ2v) is 9.91. The third-order valence-electron chi connectivity index (χ3n) is 4.30. The summed E-state index contributed by atoms with van der Waals surface area (Å²) in [6.07, 6.45) is 1.05. The average Bonchev–Trinajstić information content (AvgIpc) is 3.08. The van der Waals surface area contributed by atoms with Crippen LogP contribution in [0.4, 0.5) is 0 Å². The summed E-state index contributed by atoms with van der Waals surface area (Å²) in [6.45, 7) is 6.29. The Morgan fingerprint density at radius 1 is 1.00 bits per heavy atom. The highest BCUT2D eigenvalue weighted by Crippen LogP contribution is 2.30. The zero-order valence-electron chi connectivity index (χ0n) is 15.6. The van der Waals surface area contributed by atoms with E-state index in [9.17, 15) is 4.79 Å². The van der Waals surface area contributed by atoms with E-state index in [-0.39, 0.29) is 11.9 Å². The molecule has 1 heterocycles. The van der Waals surface area contributed by atoms with Crippen molar-refractivity contribution < 1.29 is 9.53 Å². The van der Waals surface area contributed by atoms with Gasteiger partial charge in [-0.15, -0.1) is 0 Å². The van der Waals surface area contributed by atoms with E-state index in [1.165, 1.54) is 5.56 Å². The summed E-state index contributed by atoms with van der Waals surface area (Å²) in [6, 6.07) is 17.8. The lowest BCUT2D eigenvalue weighted by molar-refractivity contribution is -0.135. The minimum atomic E-state index is -0.306. The number of hydrogen-bond acceptors (Lipinski definition) is 5. The molecule has 2 nitrogen and oxygen atoms in total. The second-order valence-electron chi connectivity index (χ2n) is 7.00. The molecule has 0 saturated heterocycles. The molecule has 27 heavy (non-hydrogen) atoms. The first-order valence-corrected chi connectivity index (χ1v) is 11.5. The Kier molecular flexibility index (Phi) is 6.58. The van der Waals surface area contributed by atoms with Crippen LogP contribution in [0.1, 0.15) is 37.8 Å². The van der Waals surface area contributed by atoms with Crippen LogP contribution in [-0.4, -0.2) is 5.97 Å². The van der Waals surface area contributed by atoms with E-state index < -0.39 is 0 Å². The lowest BCUT2D eigenvalue weighted by Crippen LogP contribution is -2.16. The van der Waals surface area contributed by atoms with Crippen molar-refractivity contribution >= 4 is 38.9 Å². The molecular weight excluding hydrogens is 392 g/mol. The highest BCUT2D eigenvalue weighted by atomic mass is 32.9. The lowest BCUT2D eigenvalue weighted by Gasteiger charge is -2.13. The molecule has 140 valence electrons. The molecule has 0 aliphatic rings. The van der Waals surface area contributed by atoms with Crippen molar-refractivity contribution in [1.29, 1.82) is 0 Å². The predicted octanol–water partition coefficient (Wildman–Crippen LogP) is 7.11. The Labute approximate surface area is 172 Å². The Balaban J connectivity index is 1.64. The number of hydrogen-bond donors (Lipinski definition) is 0. The molecule has 0 aliphatic heterocycles. The molecule has 2 aromatic carbocycles. The van der Waals surface area contributed by atoms with Crippen LogP contribution in [-0.2, 0) is 11.2 Å². The third-order valence-corrected chi connectivity index (χ3v) is 7.21. The van der Waals surface area contributed by atoms with Crippen LogP contribution in [0.15, 0.2) is 54.6 Å². The van der Waals surface area contributed by atoms with Crippen LogP contribution in [0.3, 0.4) is 0 Å². The SMILES string of the molecule is CC(C)Cc1ccc(C(C)C(=O)Oc2ccc(-c3cc(=S)ss3)cc2)cc1. The predicted molar refractivity (Wildman–Crippen MR) is 118 cm³/mol. The van der Waals surface area contributed by atoms with Crippen LogP contribution in [0.25, 0.3) is 10.4 Å². The minimum absolute atomic E-state index is 0.245. The van der Waals surface area contributed by atoms with Gasteiger partial charge in [-0.25, -0.2) is 0 Å². The van der Waals surface area contributed by atoms with Crippen LogP contribution in [0, 0.1) is 9.74 Å². The van der Waals surface area contributed by atoms with Crippen molar-refractivity contribution in [1.82, 2.24) is 0 Å². The normalized spacial score (nSPS) is 12.1. The van der Waals surface area contributed by atoms with Crippen molar-refractivity contribution in [2.24, 2.45) is 5.92 Å². The van der Waals surface area contributed by atoms with Gasteiger partial charge in [0.1, 0.15) is 9.57 Å². The van der Waals surface area contributed by atoms with Crippen molar-refractivity contribution in [2.75, 3.05) is 0 Å². The molecule has 0 bridgehead atoms. The highest BCUT2D eigenvalue weighted by molar-refractivity contribution is 7.80. The molecule has 3 aromatic rings. The number of carbonyl (C=O) groups is 1. The van der Waals surface area contributed by atoms with Crippen LogP contribution >= 0.6 is 32.9 Å². The summed E-state index contributed by atoms with van der Waals surface area (Å²) in [4.78, 5) is 13.6. The summed E-state index contributed by atoms with van der Waals surface area (Å²) in [7, 11) is 3.25. The van der Waals surface area contributed by atoms with E-state index >= 15 is 0 Å². The Morgan fingerprint density at radius 2 is 1.67 bits per heavy atom. The molecular formula is C22H22O2S3. The minimum Gasteiger partial charge on any atom is -0.426 e. The van der Waals surface area contributed by atoms with E-state index in [1.54, 1.807) is 20.7 Å². The number of benzene rings is 2. The molecule has 3 rings (SSSR count). The third kappa shape index (κ3) is 5.34. The van der Waals surface area contributed by atoms with Gasteiger partial charge in [0.05, 0.1) is 5.92 Å². The van der Waals surface area contributed by atoms with Crippen molar-refractivity contribution in [3.05, 3.63) is 69.5 Å². The van der Waals surface area contributed by atoms with E-state index in [2.05, 4.69) is 26.0 Å². The van der Waals surface area contributed by atoms with E-state index in [0.717, 1.165) is 26.2 Å². The van der Waals surface area contributed by atoms with E-state index in [1.807, 2.05) is 49.4 Å². The Morgan fingerprint density at radius 3 is 2.22 bits per heavy atom. The van der Waals surface area contributed by atoms with Crippen molar-refractivity contribution in [3.63, 3.8) is 0 Å². The van der Waals surface area contributed by atoms with Gasteiger partial charge in [-0.05, 0) is 66.3 Å². The quantitative estimate of drug-likeness (QED) is 0.186. The van der Waals surface area contributed by atoms with E-state index in [4.69, 9.17) is 17.0 Å². The number of rotatable bonds is 6. The molecule has 0 saturated carbocycles. The molecule has 0 spiro atoms. The summed E-state index contributed by atoms with van der Waals surface area (Å²) in [5, 5.41) is 0. The van der Waals surface area contributed by atoms with Gasteiger partial charge in [-0.3, -0.25) is 4.79 Å². The lowest BCUT2D eigenvalue weighted by atomic mass is 9.97. The number of carbonyl (C=O) groups excluding carboxylic acids is 1. The van der Waals surface area contributed by atoms with Crippen molar-refractivity contribution in [2.45, 2.75) is 33.1 Å². The van der Waals surface area contributed by atoms with Gasteiger partial charge < -0.3 is 4.74 Å². The molecule has 0 aliphatic carbocycles. The van der Waals surface area contributed by atoms with Gasteiger partial charge in [0.15, 0.2) is 0 Å². The van der Waals surface area contributed by atoms with Gasteiger partial charge in [-0.2, -0.15) is 0 Å². The summed E-state index contributed by atoms with van der Waals surface area (Å²) < 4.78 is 6.46. The smallest absolute Gasteiger partial charge is 0.318 e. The number of esters is 1. The zero-order chi connectivity index (χ0) is 19.4. The topological polar surface area (TPSA) is 26.3 Å². The summed E-state index contributed by atoms with van der Waals surface area (Å²) in [5.74, 6) is 0.629. The molecule has 0 radical (unpaired) electrons. The van der Waals surface area contributed by atoms with Crippen molar-refractivity contribution in [3.8, 4) is 16.2 Å². The highest BCUT2D eigenvalue weighted by Gasteiger charge is 2.18. The molecule has 0 amide bonds. The number of ether oxygens (including phenoxy) is 1. The Bertz CT molecular complexity index is 950. The first-order valence-electron chi connectivity index (χ1n) is 8.93. The first-order chi connectivity index (χ1) is 12.9. The fourth-order valence-corrected chi connectivity index (χ4v) is 5.22. The molecule has 1 aromatic heterocycles. The van der Waals surface area contributed by atoms with Gasteiger partial charge in [0.25, 0.3) is 0 Å². The molecule has 5 heteroatoms. The Hall–Kier alpha value is -1.82. The fourth-order valence-electron chi connectivity index (χ4n) is 2.81. The van der Waals surface area contributed by atoms with E-state index in [0.29, 0.717) is 11.7 Å². The van der Waals surface area contributed by atoms with Gasteiger partial charge in [0, 0.05) is 4.88 Å². The molecule has 1 atom stereocenters. The van der Waals surface area contributed by atoms with Gasteiger partial charge in [-0.1, -0.05) is 71.0 Å². The standard InChI is InChI=1S/C22H22O2S3/c1-14(2)12-16-4-6-17(7-5-16)15(3)22(23)24-19-10-8-18(9-11-19)20-13-21(25)27-26-20/h4-11,13-15H,12H2,1-3H3. The first kappa shape index (κ1) is 19.9. The molecule has 0 fully saturated rings. The zero-order valence-corrected chi connectivity index (χ0v) is 18.0. The van der Waals surface area contributed by atoms with Crippen LogP contribution < -0.4 is 4.74 Å². The maximum Gasteiger partial charge on any atom is 0.318 e. The monoisotopic (exact) mass is 414 g/mol.